The quantitative estimate of drug-likeness (QED) is 0.848. The minimum atomic E-state index is -2.56. The summed E-state index contributed by atoms with van der Waals surface area (Å²) in [7, 11) is 0. The Balaban J connectivity index is 1.83. The lowest BCUT2D eigenvalue weighted by Crippen LogP contribution is -2.38. The smallest absolute Gasteiger partial charge is 0.252 e. The van der Waals surface area contributed by atoms with Gasteiger partial charge in [-0.25, -0.2) is 8.78 Å². The zero-order valence-electron chi connectivity index (χ0n) is 10.5. The van der Waals surface area contributed by atoms with Crippen molar-refractivity contribution in [2.24, 2.45) is 0 Å². The number of aromatic nitrogens is 3. The van der Waals surface area contributed by atoms with E-state index in [2.05, 4.69) is 10.2 Å². The highest BCUT2D eigenvalue weighted by molar-refractivity contribution is 5.65. The Kier molecular flexibility index (Phi) is 2.55. The van der Waals surface area contributed by atoms with Crippen LogP contribution >= 0.6 is 0 Å². The second-order valence-electron chi connectivity index (χ2n) is 5.04. The molecule has 0 radical (unpaired) electrons. The maximum absolute atomic E-state index is 12.8. The van der Waals surface area contributed by atoms with Gasteiger partial charge in [0.25, 0.3) is 5.92 Å². The highest BCUT2D eigenvalue weighted by atomic mass is 19.3. The number of nitrogens with zero attached hydrogens (tertiary/aromatic N) is 3. The Morgan fingerprint density at radius 3 is 2.74 bits per heavy atom. The molecule has 1 aromatic heterocycles. The second kappa shape index (κ2) is 4.01. The summed E-state index contributed by atoms with van der Waals surface area (Å²) < 4.78 is 25.6. The van der Waals surface area contributed by atoms with Crippen LogP contribution in [0.25, 0.3) is 11.3 Å². The molecule has 0 bridgehead atoms. The molecule has 1 aromatic carbocycles. The summed E-state index contributed by atoms with van der Waals surface area (Å²) in [5.74, 6) is -2.56. The van der Waals surface area contributed by atoms with Crippen molar-refractivity contribution in [2.45, 2.75) is 31.7 Å². The fourth-order valence-corrected chi connectivity index (χ4v) is 2.18. The van der Waals surface area contributed by atoms with Gasteiger partial charge in [0.15, 0.2) is 0 Å². The standard InChI is InChI=1S/C13H14F2N4/c1-8-2-3-9(4-11(8)16)12-7-17-19(18-12)10-5-13(14,15)6-10/h2-4,7,10H,5-6,16H2,1H3. The van der Waals surface area contributed by atoms with E-state index in [9.17, 15) is 8.78 Å². The summed E-state index contributed by atoms with van der Waals surface area (Å²) in [5.41, 5.74) is 9.02. The number of aryl methyl sites for hydroxylation is 1. The van der Waals surface area contributed by atoms with Crippen LogP contribution < -0.4 is 5.73 Å². The van der Waals surface area contributed by atoms with Crippen LogP contribution in [-0.2, 0) is 0 Å². The van der Waals surface area contributed by atoms with Crippen LogP contribution in [0.15, 0.2) is 24.4 Å². The molecule has 1 aliphatic rings. The van der Waals surface area contributed by atoms with Gasteiger partial charge in [-0.15, -0.1) is 0 Å². The summed E-state index contributed by atoms with van der Waals surface area (Å²) >= 11 is 0. The molecule has 0 saturated heterocycles. The van der Waals surface area contributed by atoms with Crippen molar-refractivity contribution in [1.82, 2.24) is 15.0 Å². The number of halogens is 2. The van der Waals surface area contributed by atoms with Gasteiger partial charge in [-0.3, -0.25) is 0 Å². The summed E-state index contributed by atoms with van der Waals surface area (Å²) in [5, 5.41) is 8.32. The van der Waals surface area contributed by atoms with Gasteiger partial charge in [0.2, 0.25) is 0 Å². The lowest BCUT2D eigenvalue weighted by atomic mass is 9.89. The Morgan fingerprint density at radius 1 is 1.37 bits per heavy atom. The zero-order valence-corrected chi connectivity index (χ0v) is 10.5. The van der Waals surface area contributed by atoms with E-state index >= 15 is 0 Å². The summed E-state index contributed by atoms with van der Waals surface area (Å²) in [6, 6.07) is 5.32. The fourth-order valence-electron chi connectivity index (χ4n) is 2.18. The predicted molar refractivity (Wildman–Crippen MR) is 67.8 cm³/mol. The van der Waals surface area contributed by atoms with Crippen LogP contribution in [0.3, 0.4) is 0 Å². The number of benzene rings is 1. The van der Waals surface area contributed by atoms with E-state index in [-0.39, 0.29) is 18.9 Å². The van der Waals surface area contributed by atoms with Gasteiger partial charge in [0.1, 0.15) is 5.69 Å². The van der Waals surface area contributed by atoms with Crippen LogP contribution in [0, 0.1) is 6.92 Å². The van der Waals surface area contributed by atoms with E-state index in [0.717, 1.165) is 11.1 Å². The molecule has 4 nitrogen and oxygen atoms in total. The summed E-state index contributed by atoms with van der Waals surface area (Å²) in [4.78, 5) is 1.38. The average molecular weight is 264 g/mol. The monoisotopic (exact) mass is 264 g/mol. The van der Waals surface area contributed by atoms with Gasteiger partial charge in [-0.2, -0.15) is 15.0 Å². The highest BCUT2D eigenvalue weighted by Gasteiger charge is 2.47. The number of anilines is 1. The van der Waals surface area contributed by atoms with Gasteiger partial charge < -0.3 is 5.73 Å². The topological polar surface area (TPSA) is 56.7 Å². The van der Waals surface area contributed by atoms with Crippen LogP contribution in [0.2, 0.25) is 0 Å². The van der Waals surface area contributed by atoms with Gasteiger partial charge in [0.05, 0.1) is 12.2 Å². The minimum Gasteiger partial charge on any atom is -0.398 e. The predicted octanol–water partition coefficient (Wildman–Crippen LogP) is 2.81. The first-order chi connectivity index (χ1) is 8.94. The summed E-state index contributed by atoms with van der Waals surface area (Å²) in [6.45, 7) is 1.92. The number of hydrogen-bond acceptors (Lipinski definition) is 3. The number of rotatable bonds is 2. The van der Waals surface area contributed by atoms with Gasteiger partial charge >= 0.3 is 0 Å². The molecule has 1 aliphatic carbocycles. The lowest BCUT2D eigenvalue weighted by molar-refractivity contribution is -0.110. The van der Waals surface area contributed by atoms with Crippen molar-refractivity contribution in [1.29, 1.82) is 0 Å². The Labute approximate surface area is 109 Å². The molecule has 0 atom stereocenters. The van der Waals surface area contributed by atoms with E-state index in [0.29, 0.717) is 11.4 Å². The second-order valence-corrected chi connectivity index (χ2v) is 5.04. The van der Waals surface area contributed by atoms with E-state index < -0.39 is 5.92 Å². The Bertz CT molecular complexity index is 613. The number of nitrogen functional groups attached to an aromatic ring is 1. The number of hydrogen-bond donors (Lipinski definition) is 1. The van der Waals surface area contributed by atoms with E-state index in [1.165, 1.54) is 4.80 Å². The molecule has 0 spiro atoms. The first-order valence-corrected chi connectivity index (χ1v) is 6.11. The number of nitrogens with two attached hydrogens (primary N) is 1. The first kappa shape index (κ1) is 12.1. The largest absolute Gasteiger partial charge is 0.398 e. The van der Waals surface area contributed by atoms with Crippen molar-refractivity contribution in [3.8, 4) is 11.3 Å². The highest BCUT2D eigenvalue weighted by Crippen LogP contribution is 2.44. The molecule has 100 valence electrons. The fraction of sp³-hybridized carbons (Fsp3) is 0.385. The lowest BCUT2D eigenvalue weighted by Gasteiger charge is -2.33. The van der Waals surface area contributed by atoms with Crippen molar-refractivity contribution in [2.75, 3.05) is 5.73 Å². The molecule has 2 N–H and O–H groups in total. The van der Waals surface area contributed by atoms with Crippen LogP contribution in [-0.4, -0.2) is 20.9 Å². The molecule has 1 saturated carbocycles. The average Bonchev–Trinajstić information content (AvgIpc) is 2.78. The molecular formula is C13H14F2N4. The maximum Gasteiger partial charge on any atom is 0.252 e. The SMILES string of the molecule is Cc1ccc(-c2cnn(C3CC(F)(F)C3)n2)cc1N. The molecular weight excluding hydrogens is 250 g/mol. The molecule has 0 aliphatic heterocycles. The zero-order chi connectivity index (χ0) is 13.6. The van der Waals surface area contributed by atoms with Crippen molar-refractivity contribution < 1.29 is 8.78 Å². The Hall–Kier alpha value is -1.98. The van der Waals surface area contributed by atoms with E-state index in [1.54, 1.807) is 6.20 Å². The molecule has 3 rings (SSSR count). The van der Waals surface area contributed by atoms with Crippen LogP contribution in [0.5, 0.6) is 0 Å². The normalized spacial score (nSPS) is 18.3. The maximum atomic E-state index is 12.8. The van der Waals surface area contributed by atoms with Gasteiger partial charge in [0, 0.05) is 24.1 Å². The van der Waals surface area contributed by atoms with Crippen molar-refractivity contribution >= 4 is 5.69 Å². The number of alkyl halides is 2. The van der Waals surface area contributed by atoms with Gasteiger partial charge in [-0.1, -0.05) is 12.1 Å². The summed E-state index contributed by atoms with van der Waals surface area (Å²) in [6.07, 6.45) is 1.22. The third-order valence-electron chi connectivity index (χ3n) is 3.48. The van der Waals surface area contributed by atoms with E-state index in [1.807, 2.05) is 25.1 Å². The van der Waals surface area contributed by atoms with Gasteiger partial charge in [-0.05, 0) is 18.6 Å². The van der Waals surface area contributed by atoms with Crippen molar-refractivity contribution in [3.63, 3.8) is 0 Å². The molecule has 1 heterocycles. The first-order valence-electron chi connectivity index (χ1n) is 6.11. The minimum absolute atomic E-state index is 0.183. The van der Waals surface area contributed by atoms with Crippen LogP contribution in [0.4, 0.5) is 14.5 Å². The molecule has 6 heteroatoms. The van der Waals surface area contributed by atoms with Crippen molar-refractivity contribution in [3.05, 3.63) is 30.0 Å². The Morgan fingerprint density at radius 2 is 2.11 bits per heavy atom. The van der Waals surface area contributed by atoms with Crippen LogP contribution in [0.1, 0.15) is 24.4 Å². The third-order valence-corrected chi connectivity index (χ3v) is 3.48. The molecule has 2 aromatic rings. The molecule has 19 heavy (non-hydrogen) atoms. The molecule has 0 amide bonds. The van der Waals surface area contributed by atoms with E-state index in [4.69, 9.17) is 5.73 Å². The third kappa shape index (κ3) is 2.18. The molecule has 1 fully saturated rings. The molecule has 0 unspecified atom stereocenters.